The molecule has 3 rings (SSSR count). The van der Waals surface area contributed by atoms with Gasteiger partial charge in [-0.2, -0.15) is 0 Å². The average molecular weight is 291 g/mol. The maximum absolute atomic E-state index is 6.36. The van der Waals surface area contributed by atoms with E-state index in [1.165, 1.54) is 30.4 Å². The van der Waals surface area contributed by atoms with Crippen molar-refractivity contribution in [3.05, 3.63) is 69.7 Å². The fraction of sp³-hybridized carbons (Fsp3) is 0.294. The number of benzene rings is 2. The highest BCUT2D eigenvalue weighted by Crippen LogP contribution is 2.48. The number of hydrogen-bond acceptors (Lipinski definition) is 0. The van der Waals surface area contributed by atoms with Crippen LogP contribution in [-0.2, 0) is 0 Å². The minimum Gasteiger partial charge on any atom is -0.0840 e. The summed E-state index contributed by atoms with van der Waals surface area (Å²) in [5.41, 5.74) is 2.54. The summed E-state index contributed by atoms with van der Waals surface area (Å²) in [7, 11) is 0. The highest BCUT2D eigenvalue weighted by atomic mass is 35.5. The van der Waals surface area contributed by atoms with Crippen molar-refractivity contribution in [2.24, 2.45) is 0 Å². The smallest absolute Gasteiger partial charge is 0.0441 e. The largest absolute Gasteiger partial charge is 0.0840 e. The van der Waals surface area contributed by atoms with Crippen LogP contribution in [-0.4, -0.2) is 0 Å². The zero-order chi connectivity index (χ0) is 13.2. The van der Waals surface area contributed by atoms with Gasteiger partial charge in [-0.25, -0.2) is 0 Å². The quantitative estimate of drug-likeness (QED) is 0.632. The highest BCUT2D eigenvalue weighted by molar-refractivity contribution is 6.31. The zero-order valence-corrected chi connectivity index (χ0v) is 12.2. The van der Waals surface area contributed by atoms with Crippen LogP contribution in [0.25, 0.3) is 0 Å². The topological polar surface area (TPSA) is 0 Å². The van der Waals surface area contributed by atoms with Crippen LogP contribution >= 0.6 is 23.2 Å². The molecule has 2 heteroatoms. The first-order valence-electron chi connectivity index (χ1n) is 6.76. The molecule has 0 amide bonds. The van der Waals surface area contributed by atoms with Crippen LogP contribution in [0.3, 0.4) is 0 Å². The van der Waals surface area contributed by atoms with Gasteiger partial charge in [-0.1, -0.05) is 66.0 Å². The van der Waals surface area contributed by atoms with E-state index in [2.05, 4.69) is 24.3 Å². The predicted octanol–water partition coefficient (Wildman–Crippen LogP) is 6.04. The highest BCUT2D eigenvalue weighted by Gasteiger charge is 2.31. The molecule has 0 radical (unpaired) electrons. The van der Waals surface area contributed by atoms with Crippen LogP contribution in [0.1, 0.15) is 42.2 Å². The third-order valence-electron chi connectivity index (χ3n) is 4.13. The van der Waals surface area contributed by atoms with Crippen molar-refractivity contribution in [3.8, 4) is 0 Å². The van der Waals surface area contributed by atoms with Crippen molar-refractivity contribution in [3.63, 3.8) is 0 Å². The van der Waals surface area contributed by atoms with Crippen molar-refractivity contribution in [1.29, 1.82) is 0 Å². The van der Waals surface area contributed by atoms with Crippen molar-refractivity contribution >= 4 is 23.2 Å². The van der Waals surface area contributed by atoms with E-state index in [-0.39, 0.29) is 0 Å². The fourth-order valence-electron chi connectivity index (χ4n) is 3.26. The molecule has 0 unspecified atom stereocenters. The van der Waals surface area contributed by atoms with Gasteiger partial charge in [-0.05, 0) is 47.9 Å². The zero-order valence-electron chi connectivity index (χ0n) is 10.7. The molecule has 1 saturated carbocycles. The Bertz CT molecular complexity index is 525. The average Bonchev–Trinajstić information content (AvgIpc) is 2.89. The van der Waals surface area contributed by atoms with E-state index in [1.54, 1.807) is 0 Å². The second-order valence-electron chi connectivity index (χ2n) is 5.19. The molecule has 0 N–H and O–H groups in total. The summed E-state index contributed by atoms with van der Waals surface area (Å²) in [5, 5.41) is 1.76. The number of hydrogen-bond donors (Lipinski definition) is 0. The Morgan fingerprint density at radius 2 is 1.11 bits per heavy atom. The SMILES string of the molecule is Clc1ccccc1[C@H]1CCC[C@@H]1c1ccccc1Cl. The number of halogens is 2. The van der Waals surface area contributed by atoms with Crippen molar-refractivity contribution in [1.82, 2.24) is 0 Å². The van der Waals surface area contributed by atoms with E-state index in [0.717, 1.165) is 10.0 Å². The third-order valence-corrected chi connectivity index (χ3v) is 4.81. The minimum absolute atomic E-state index is 0.494. The summed E-state index contributed by atoms with van der Waals surface area (Å²) in [5.74, 6) is 0.988. The van der Waals surface area contributed by atoms with Gasteiger partial charge in [0.2, 0.25) is 0 Å². The maximum Gasteiger partial charge on any atom is 0.0441 e. The molecule has 1 fully saturated rings. The standard InChI is InChI=1S/C17H16Cl2/c18-16-10-3-1-6-14(16)12-8-5-9-13(12)15-7-2-4-11-17(15)19/h1-4,6-7,10-13H,5,8-9H2/t12-,13-/m0/s1. The first kappa shape index (κ1) is 13.0. The first-order valence-corrected chi connectivity index (χ1v) is 7.52. The Kier molecular flexibility index (Phi) is 3.81. The molecule has 2 aromatic rings. The van der Waals surface area contributed by atoms with Crippen molar-refractivity contribution in [2.45, 2.75) is 31.1 Å². The molecule has 0 nitrogen and oxygen atoms in total. The van der Waals surface area contributed by atoms with Crippen LogP contribution in [0.5, 0.6) is 0 Å². The van der Waals surface area contributed by atoms with E-state index in [1.807, 2.05) is 24.3 Å². The van der Waals surface area contributed by atoms with Gasteiger partial charge in [0.05, 0.1) is 0 Å². The van der Waals surface area contributed by atoms with Gasteiger partial charge in [-0.15, -0.1) is 0 Å². The summed E-state index contributed by atoms with van der Waals surface area (Å²) >= 11 is 12.7. The molecule has 2 aromatic carbocycles. The van der Waals surface area contributed by atoms with E-state index in [4.69, 9.17) is 23.2 Å². The predicted molar refractivity (Wildman–Crippen MR) is 82.2 cm³/mol. The van der Waals surface area contributed by atoms with Gasteiger partial charge >= 0.3 is 0 Å². The van der Waals surface area contributed by atoms with Crippen molar-refractivity contribution in [2.75, 3.05) is 0 Å². The van der Waals surface area contributed by atoms with Crippen LogP contribution in [0.4, 0.5) is 0 Å². The summed E-state index contributed by atoms with van der Waals surface area (Å²) in [4.78, 5) is 0. The molecule has 1 aliphatic carbocycles. The van der Waals surface area contributed by atoms with Gasteiger partial charge < -0.3 is 0 Å². The van der Waals surface area contributed by atoms with Gasteiger partial charge in [0, 0.05) is 10.0 Å². The summed E-state index contributed by atoms with van der Waals surface area (Å²) in [6, 6.07) is 16.4. The summed E-state index contributed by atoms with van der Waals surface area (Å²) in [6.07, 6.45) is 3.63. The Balaban J connectivity index is 1.99. The van der Waals surface area contributed by atoms with Crippen molar-refractivity contribution < 1.29 is 0 Å². The van der Waals surface area contributed by atoms with Crippen LogP contribution in [0, 0.1) is 0 Å². The lowest BCUT2D eigenvalue weighted by Gasteiger charge is -2.22. The molecule has 1 aliphatic rings. The second kappa shape index (κ2) is 5.56. The van der Waals surface area contributed by atoms with Gasteiger partial charge in [0.25, 0.3) is 0 Å². The van der Waals surface area contributed by atoms with E-state index in [0.29, 0.717) is 11.8 Å². The Morgan fingerprint density at radius 1 is 0.684 bits per heavy atom. The van der Waals surface area contributed by atoms with E-state index in [9.17, 15) is 0 Å². The Labute approximate surface area is 124 Å². The molecular formula is C17H16Cl2. The molecule has 19 heavy (non-hydrogen) atoms. The second-order valence-corrected chi connectivity index (χ2v) is 6.00. The lowest BCUT2D eigenvalue weighted by molar-refractivity contribution is 0.624. The fourth-order valence-corrected chi connectivity index (χ4v) is 3.81. The summed E-state index contributed by atoms with van der Waals surface area (Å²) in [6.45, 7) is 0. The Morgan fingerprint density at radius 3 is 1.53 bits per heavy atom. The molecule has 0 spiro atoms. The van der Waals surface area contributed by atoms with Gasteiger partial charge in [0.1, 0.15) is 0 Å². The normalized spacial score (nSPS) is 22.6. The minimum atomic E-state index is 0.494. The van der Waals surface area contributed by atoms with Gasteiger partial charge in [-0.3, -0.25) is 0 Å². The lowest BCUT2D eigenvalue weighted by atomic mass is 9.84. The number of rotatable bonds is 2. The maximum atomic E-state index is 6.36. The first-order chi connectivity index (χ1) is 9.27. The molecule has 0 bridgehead atoms. The molecule has 0 aromatic heterocycles. The van der Waals surface area contributed by atoms with Gasteiger partial charge in [0.15, 0.2) is 0 Å². The monoisotopic (exact) mass is 290 g/mol. The molecule has 2 atom stereocenters. The molecule has 0 saturated heterocycles. The van der Waals surface area contributed by atoms with E-state index < -0.39 is 0 Å². The van der Waals surface area contributed by atoms with Crippen LogP contribution in [0.15, 0.2) is 48.5 Å². The molecule has 0 aliphatic heterocycles. The molecule has 0 heterocycles. The summed E-state index contributed by atoms with van der Waals surface area (Å²) < 4.78 is 0. The van der Waals surface area contributed by atoms with Crippen LogP contribution < -0.4 is 0 Å². The third kappa shape index (κ3) is 2.52. The van der Waals surface area contributed by atoms with E-state index >= 15 is 0 Å². The molecular weight excluding hydrogens is 275 g/mol. The lowest BCUT2D eigenvalue weighted by Crippen LogP contribution is -2.06. The Hall–Kier alpha value is -0.980. The molecule has 98 valence electrons. The van der Waals surface area contributed by atoms with Crippen LogP contribution in [0.2, 0.25) is 10.0 Å².